The molecular formula is C17H23BrO2. The van der Waals surface area contributed by atoms with Crippen LogP contribution in [-0.4, -0.2) is 18.5 Å². The van der Waals surface area contributed by atoms with Crippen LogP contribution in [0, 0.1) is 5.92 Å². The Morgan fingerprint density at radius 3 is 2.50 bits per heavy atom. The largest absolute Gasteiger partial charge is 0.378 e. The average molecular weight is 339 g/mol. The third-order valence-electron chi connectivity index (χ3n) is 4.03. The van der Waals surface area contributed by atoms with Crippen molar-refractivity contribution in [2.45, 2.75) is 51.6 Å². The lowest BCUT2D eigenvalue weighted by atomic mass is 9.89. The van der Waals surface area contributed by atoms with Crippen molar-refractivity contribution >= 4 is 21.7 Å². The molecular weight excluding hydrogens is 316 g/mol. The number of halogens is 1. The highest BCUT2D eigenvalue weighted by atomic mass is 79.9. The van der Waals surface area contributed by atoms with Crippen molar-refractivity contribution in [3.8, 4) is 0 Å². The molecule has 0 N–H and O–H groups in total. The molecule has 0 saturated heterocycles. The van der Waals surface area contributed by atoms with Gasteiger partial charge in [-0.1, -0.05) is 35.0 Å². The normalized spacial score (nSPS) is 22.7. The number of hydrogen-bond donors (Lipinski definition) is 0. The van der Waals surface area contributed by atoms with E-state index in [9.17, 15) is 4.79 Å². The van der Waals surface area contributed by atoms with Crippen LogP contribution in [-0.2, 0) is 4.74 Å². The van der Waals surface area contributed by atoms with E-state index in [1.54, 1.807) is 0 Å². The van der Waals surface area contributed by atoms with Crippen LogP contribution in [0.15, 0.2) is 28.7 Å². The van der Waals surface area contributed by atoms with Crippen molar-refractivity contribution in [1.82, 2.24) is 0 Å². The fraction of sp³-hybridized carbons (Fsp3) is 0.588. The molecule has 1 aliphatic rings. The van der Waals surface area contributed by atoms with E-state index in [1.165, 1.54) is 25.7 Å². The third kappa shape index (κ3) is 5.02. The van der Waals surface area contributed by atoms with Gasteiger partial charge in [-0.05, 0) is 50.2 Å². The molecule has 3 heteroatoms. The summed E-state index contributed by atoms with van der Waals surface area (Å²) in [5.74, 6) is 1.06. The van der Waals surface area contributed by atoms with Crippen LogP contribution in [0.3, 0.4) is 0 Å². The molecule has 1 aromatic carbocycles. The van der Waals surface area contributed by atoms with Gasteiger partial charge in [0.05, 0.1) is 6.10 Å². The molecule has 1 aromatic rings. The van der Waals surface area contributed by atoms with Gasteiger partial charge in [-0.3, -0.25) is 4.79 Å². The Morgan fingerprint density at radius 2 is 1.85 bits per heavy atom. The maximum Gasteiger partial charge on any atom is 0.162 e. The molecule has 110 valence electrons. The van der Waals surface area contributed by atoms with Crippen LogP contribution in [0.1, 0.15) is 55.8 Å². The molecule has 2 nitrogen and oxygen atoms in total. The molecule has 0 unspecified atom stereocenters. The van der Waals surface area contributed by atoms with Crippen molar-refractivity contribution < 1.29 is 9.53 Å². The second-order valence-corrected chi connectivity index (χ2v) is 6.70. The number of rotatable bonds is 6. The molecule has 0 atom stereocenters. The van der Waals surface area contributed by atoms with Crippen LogP contribution in [0.4, 0.5) is 0 Å². The van der Waals surface area contributed by atoms with Gasteiger partial charge in [-0.2, -0.15) is 0 Å². The Labute approximate surface area is 130 Å². The summed E-state index contributed by atoms with van der Waals surface area (Å²) in [6, 6.07) is 7.56. The zero-order valence-corrected chi connectivity index (χ0v) is 13.7. The van der Waals surface area contributed by atoms with Crippen molar-refractivity contribution in [2.24, 2.45) is 5.92 Å². The van der Waals surface area contributed by atoms with E-state index < -0.39 is 0 Å². The van der Waals surface area contributed by atoms with Crippen LogP contribution in [0.25, 0.3) is 0 Å². The molecule has 0 spiro atoms. The lowest BCUT2D eigenvalue weighted by Crippen LogP contribution is -2.21. The fourth-order valence-corrected chi connectivity index (χ4v) is 2.92. The molecule has 0 aromatic heterocycles. The minimum absolute atomic E-state index is 0.207. The van der Waals surface area contributed by atoms with Gasteiger partial charge in [-0.15, -0.1) is 0 Å². The quantitative estimate of drug-likeness (QED) is 0.538. The van der Waals surface area contributed by atoms with Gasteiger partial charge in [0.2, 0.25) is 0 Å². The van der Waals surface area contributed by atoms with E-state index in [4.69, 9.17) is 4.74 Å². The van der Waals surface area contributed by atoms with Crippen molar-refractivity contribution in [3.05, 3.63) is 34.3 Å². The zero-order chi connectivity index (χ0) is 14.4. The van der Waals surface area contributed by atoms with Crippen LogP contribution < -0.4 is 0 Å². The first-order valence-electron chi connectivity index (χ1n) is 7.55. The molecule has 1 saturated carbocycles. The summed E-state index contributed by atoms with van der Waals surface area (Å²) in [4.78, 5) is 12.0. The number of ketones is 1. The Morgan fingerprint density at radius 1 is 1.20 bits per heavy atom. The summed E-state index contributed by atoms with van der Waals surface area (Å²) >= 11 is 3.38. The molecule has 1 fully saturated rings. The third-order valence-corrected chi connectivity index (χ3v) is 4.56. The first-order valence-corrected chi connectivity index (χ1v) is 8.35. The lowest BCUT2D eigenvalue weighted by Gasteiger charge is -2.26. The maximum absolute atomic E-state index is 12.0. The highest BCUT2D eigenvalue weighted by molar-refractivity contribution is 9.10. The van der Waals surface area contributed by atoms with Gasteiger partial charge in [-0.25, -0.2) is 0 Å². The summed E-state index contributed by atoms with van der Waals surface area (Å²) in [5.41, 5.74) is 0.791. The standard InChI is InChI=1S/C17H23BrO2/c1-13-4-10-16(11-5-13)20-12-2-3-17(19)14-6-8-15(18)9-7-14/h6-9,13,16H,2-5,10-12H2,1H3. The maximum atomic E-state index is 12.0. The number of hydrogen-bond acceptors (Lipinski definition) is 2. The predicted octanol–water partition coefficient (Wildman–Crippen LogP) is 5.01. The van der Waals surface area contributed by atoms with Gasteiger partial charge in [0, 0.05) is 23.1 Å². The van der Waals surface area contributed by atoms with Gasteiger partial charge >= 0.3 is 0 Å². The summed E-state index contributed by atoms with van der Waals surface area (Å²) in [6.45, 7) is 3.02. The lowest BCUT2D eigenvalue weighted by molar-refractivity contribution is 0.0181. The van der Waals surface area contributed by atoms with Crippen LogP contribution >= 0.6 is 15.9 Å². The Kier molecular flexibility index (Phi) is 6.24. The fourth-order valence-electron chi connectivity index (χ4n) is 2.66. The highest BCUT2D eigenvalue weighted by Crippen LogP contribution is 2.25. The SMILES string of the molecule is CC1CCC(OCCCC(=O)c2ccc(Br)cc2)CC1. The second-order valence-electron chi connectivity index (χ2n) is 5.79. The number of carbonyl (C=O) groups is 1. The zero-order valence-electron chi connectivity index (χ0n) is 12.1. The number of benzene rings is 1. The summed E-state index contributed by atoms with van der Waals surface area (Å²) in [5, 5.41) is 0. The summed E-state index contributed by atoms with van der Waals surface area (Å²) in [6.07, 6.45) is 6.74. The number of ether oxygens (including phenoxy) is 1. The van der Waals surface area contributed by atoms with Crippen molar-refractivity contribution in [3.63, 3.8) is 0 Å². The molecule has 0 bridgehead atoms. The molecule has 1 aliphatic carbocycles. The smallest absolute Gasteiger partial charge is 0.162 e. The van der Waals surface area contributed by atoms with Gasteiger partial charge in [0.25, 0.3) is 0 Å². The molecule has 2 rings (SSSR count). The minimum atomic E-state index is 0.207. The predicted molar refractivity (Wildman–Crippen MR) is 85.1 cm³/mol. The van der Waals surface area contributed by atoms with Crippen molar-refractivity contribution in [2.75, 3.05) is 6.61 Å². The van der Waals surface area contributed by atoms with Gasteiger partial charge < -0.3 is 4.74 Å². The molecule has 0 heterocycles. The average Bonchev–Trinajstić information content (AvgIpc) is 2.46. The van der Waals surface area contributed by atoms with Crippen LogP contribution in [0.2, 0.25) is 0 Å². The Hall–Kier alpha value is -0.670. The van der Waals surface area contributed by atoms with E-state index in [0.717, 1.165) is 22.4 Å². The van der Waals surface area contributed by atoms with Crippen LogP contribution in [0.5, 0.6) is 0 Å². The molecule has 0 amide bonds. The van der Waals surface area contributed by atoms with E-state index in [0.29, 0.717) is 19.1 Å². The number of carbonyl (C=O) groups excluding carboxylic acids is 1. The van der Waals surface area contributed by atoms with E-state index in [-0.39, 0.29) is 5.78 Å². The molecule has 20 heavy (non-hydrogen) atoms. The number of Topliss-reactive ketones (excluding diaryl/α,β-unsaturated/α-hetero) is 1. The first-order chi connectivity index (χ1) is 9.65. The van der Waals surface area contributed by atoms with E-state index in [1.807, 2.05) is 24.3 Å². The molecule has 0 aliphatic heterocycles. The molecule has 0 radical (unpaired) electrons. The second kappa shape index (κ2) is 7.94. The van der Waals surface area contributed by atoms with Crippen molar-refractivity contribution in [1.29, 1.82) is 0 Å². The van der Waals surface area contributed by atoms with Gasteiger partial charge in [0.1, 0.15) is 0 Å². The first kappa shape index (κ1) is 15.7. The summed E-state index contributed by atoms with van der Waals surface area (Å²) < 4.78 is 6.88. The highest BCUT2D eigenvalue weighted by Gasteiger charge is 2.18. The van der Waals surface area contributed by atoms with E-state index >= 15 is 0 Å². The minimum Gasteiger partial charge on any atom is -0.378 e. The van der Waals surface area contributed by atoms with E-state index in [2.05, 4.69) is 22.9 Å². The van der Waals surface area contributed by atoms with Gasteiger partial charge in [0.15, 0.2) is 5.78 Å². The Balaban J connectivity index is 1.63. The summed E-state index contributed by atoms with van der Waals surface area (Å²) in [7, 11) is 0. The monoisotopic (exact) mass is 338 g/mol. The Bertz CT molecular complexity index is 419. The topological polar surface area (TPSA) is 26.3 Å².